The second-order valence-corrected chi connectivity index (χ2v) is 17.1. The van der Waals surface area contributed by atoms with E-state index in [2.05, 4.69) is 240 Å². The molecule has 2 heteroatoms. The van der Waals surface area contributed by atoms with Crippen LogP contribution in [0.15, 0.2) is 218 Å². The van der Waals surface area contributed by atoms with E-state index < -0.39 is 5.41 Å². The van der Waals surface area contributed by atoms with Gasteiger partial charge in [0.15, 0.2) is 0 Å². The van der Waals surface area contributed by atoms with Crippen molar-refractivity contribution in [2.24, 2.45) is 0 Å². The van der Waals surface area contributed by atoms with Crippen molar-refractivity contribution in [2.45, 2.75) is 18.3 Å². The van der Waals surface area contributed by atoms with Crippen LogP contribution in [0.2, 0.25) is 0 Å². The summed E-state index contributed by atoms with van der Waals surface area (Å²) in [4.78, 5) is 2.42. The molecule has 3 aliphatic rings. The fourth-order valence-electron chi connectivity index (χ4n) is 11.1. The molecule has 0 saturated heterocycles. The Morgan fingerprint density at radius 2 is 0.857 bits per heavy atom. The van der Waals surface area contributed by atoms with Crippen LogP contribution in [0.4, 0.5) is 17.1 Å². The standard InChI is InChI=1S/C61H42N2/c1-3-15-41(16-4-1)42-27-34-47(35-28-42)63-59-26-14-10-22-53(59)54-39-44(31-38-60(54)63)43-29-32-46(33-30-43)62(45-17-5-2-6-18-45)48-36-37-52-51-21-9-13-25-57(51)61(58(52)40-48)55-23-11-7-19-49(55)50-20-8-12-24-56(50)61/h1-9,11-13,15-40H,10,14H2. The van der Waals surface area contributed by atoms with Crippen molar-refractivity contribution in [1.29, 1.82) is 0 Å². The molecule has 10 aromatic rings. The van der Waals surface area contributed by atoms with Crippen molar-refractivity contribution < 1.29 is 0 Å². The molecule has 0 aliphatic heterocycles. The Morgan fingerprint density at radius 1 is 0.365 bits per heavy atom. The van der Waals surface area contributed by atoms with E-state index in [1.165, 1.54) is 93.9 Å². The van der Waals surface area contributed by atoms with Crippen molar-refractivity contribution in [3.63, 3.8) is 0 Å². The van der Waals surface area contributed by atoms with Crippen molar-refractivity contribution >= 4 is 40.1 Å². The number of aromatic nitrogens is 1. The number of hydrogen-bond donors (Lipinski definition) is 0. The summed E-state index contributed by atoms with van der Waals surface area (Å²) in [7, 11) is 0. The summed E-state index contributed by atoms with van der Waals surface area (Å²) < 4.78 is 2.45. The summed E-state index contributed by atoms with van der Waals surface area (Å²) in [5.41, 5.74) is 20.9. The lowest BCUT2D eigenvalue weighted by Crippen LogP contribution is -2.30. The largest absolute Gasteiger partial charge is 0.310 e. The predicted molar refractivity (Wildman–Crippen MR) is 263 cm³/mol. The zero-order valence-electron chi connectivity index (χ0n) is 34.7. The molecule has 0 saturated carbocycles. The highest BCUT2D eigenvalue weighted by Gasteiger charge is 2.51. The average Bonchev–Trinajstić information content (AvgIpc) is 3.96. The summed E-state index contributed by atoms with van der Waals surface area (Å²) in [6.07, 6.45) is 6.95. The van der Waals surface area contributed by atoms with E-state index in [0.717, 1.165) is 29.9 Å². The maximum atomic E-state index is 2.47. The molecule has 9 aromatic carbocycles. The van der Waals surface area contributed by atoms with Gasteiger partial charge in [0.2, 0.25) is 0 Å². The van der Waals surface area contributed by atoms with E-state index in [9.17, 15) is 0 Å². The van der Waals surface area contributed by atoms with Crippen LogP contribution < -0.4 is 15.5 Å². The first-order valence-electron chi connectivity index (χ1n) is 22.2. The summed E-state index contributed by atoms with van der Waals surface area (Å²) in [6.45, 7) is 0. The van der Waals surface area contributed by atoms with E-state index in [0.29, 0.717) is 0 Å². The van der Waals surface area contributed by atoms with Crippen molar-refractivity contribution in [3.05, 3.63) is 251 Å². The number of para-hydroxylation sites is 1. The molecule has 2 nitrogen and oxygen atoms in total. The minimum Gasteiger partial charge on any atom is -0.310 e. The smallest absolute Gasteiger partial charge is 0.0726 e. The van der Waals surface area contributed by atoms with Gasteiger partial charge in [-0.1, -0.05) is 170 Å². The second kappa shape index (κ2) is 14.1. The highest BCUT2D eigenvalue weighted by atomic mass is 15.1. The summed E-state index contributed by atoms with van der Waals surface area (Å²) in [5, 5.41) is 3.92. The molecule has 0 amide bonds. The minimum absolute atomic E-state index is 0.404. The molecule has 0 unspecified atom stereocenters. The van der Waals surface area contributed by atoms with Gasteiger partial charge in [-0.15, -0.1) is 0 Å². The molecule has 0 N–H and O–H groups in total. The zero-order valence-corrected chi connectivity index (χ0v) is 34.7. The van der Waals surface area contributed by atoms with E-state index in [1.54, 1.807) is 0 Å². The third-order valence-electron chi connectivity index (χ3n) is 13.8. The highest BCUT2D eigenvalue weighted by Crippen LogP contribution is 2.63. The molecular weight excluding hydrogens is 761 g/mol. The van der Waals surface area contributed by atoms with Crippen molar-refractivity contribution in [1.82, 2.24) is 4.57 Å². The topological polar surface area (TPSA) is 8.17 Å². The molecule has 0 fully saturated rings. The van der Waals surface area contributed by atoms with Crippen molar-refractivity contribution in [3.8, 4) is 50.2 Å². The quantitative estimate of drug-likeness (QED) is 0.163. The Morgan fingerprint density at radius 3 is 1.52 bits per heavy atom. The van der Waals surface area contributed by atoms with Gasteiger partial charge in [-0.25, -0.2) is 0 Å². The van der Waals surface area contributed by atoms with Crippen LogP contribution in [0.5, 0.6) is 0 Å². The molecule has 1 spiro atoms. The first-order valence-corrected chi connectivity index (χ1v) is 22.2. The van der Waals surface area contributed by atoms with Crippen LogP contribution in [0.25, 0.3) is 73.2 Å². The maximum absolute atomic E-state index is 2.47. The van der Waals surface area contributed by atoms with Crippen LogP contribution in [0, 0.1) is 0 Å². The first kappa shape index (κ1) is 35.8. The molecule has 296 valence electrons. The number of fused-ring (bicyclic) bond motifs is 13. The minimum atomic E-state index is -0.404. The number of rotatable bonds is 6. The molecule has 0 atom stereocenters. The fraction of sp³-hybridized carbons (Fsp3) is 0.0492. The number of anilines is 3. The van der Waals surface area contributed by atoms with Crippen LogP contribution in [0.1, 0.15) is 35.1 Å². The monoisotopic (exact) mass is 802 g/mol. The molecular formula is C61H42N2. The van der Waals surface area contributed by atoms with Crippen LogP contribution in [-0.2, 0) is 5.41 Å². The molecule has 13 rings (SSSR count). The molecule has 3 aliphatic carbocycles. The van der Waals surface area contributed by atoms with Gasteiger partial charge in [0.05, 0.1) is 10.9 Å². The third kappa shape index (κ3) is 5.31. The number of nitrogens with zero attached hydrogens (tertiary/aromatic N) is 2. The first-order chi connectivity index (χ1) is 31.3. The lowest BCUT2D eigenvalue weighted by molar-refractivity contribution is 0.793. The highest BCUT2D eigenvalue weighted by molar-refractivity contribution is 5.96. The molecule has 63 heavy (non-hydrogen) atoms. The Bertz CT molecular complexity index is 3480. The van der Waals surface area contributed by atoms with E-state index >= 15 is 0 Å². The van der Waals surface area contributed by atoms with E-state index in [4.69, 9.17) is 0 Å². The Labute approximate surface area is 367 Å². The van der Waals surface area contributed by atoms with Gasteiger partial charge in [-0.2, -0.15) is 0 Å². The summed E-state index contributed by atoms with van der Waals surface area (Å²) in [6, 6.07) is 80.9. The van der Waals surface area contributed by atoms with Gasteiger partial charge in [-0.3, -0.25) is 0 Å². The predicted octanol–water partition coefficient (Wildman–Crippen LogP) is 14.1. The van der Waals surface area contributed by atoms with Gasteiger partial charge in [0.25, 0.3) is 0 Å². The zero-order chi connectivity index (χ0) is 41.5. The van der Waals surface area contributed by atoms with Crippen LogP contribution in [0.3, 0.4) is 0 Å². The lowest BCUT2D eigenvalue weighted by atomic mass is 9.70. The van der Waals surface area contributed by atoms with Gasteiger partial charge in [0, 0.05) is 38.7 Å². The SMILES string of the molecule is C1=c2c(n(-c3ccc(-c4ccccc4)cc3)c3ccc(-c4ccc(N(c5ccccc5)c5ccc6c(c5)C5(c7ccccc7-c7ccccc75)c5ccccc5-6)cc4)cc23)=CCC1. The number of hydrogen-bond acceptors (Lipinski definition) is 1. The molecule has 0 bridgehead atoms. The van der Waals surface area contributed by atoms with Gasteiger partial charge >= 0.3 is 0 Å². The van der Waals surface area contributed by atoms with E-state index in [1.807, 2.05) is 0 Å². The maximum Gasteiger partial charge on any atom is 0.0726 e. The summed E-state index contributed by atoms with van der Waals surface area (Å²) >= 11 is 0. The molecule has 1 aromatic heterocycles. The lowest BCUT2D eigenvalue weighted by Gasteiger charge is -2.32. The Hall–Kier alpha value is -7.94. The summed E-state index contributed by atoms with van der Waals surface area (Å²) in [5.74, 6) is 0. The second-order valence-electron chi connectivity index (χ2n) is 17.1. The van der Waals surface area contributed by atoms with Gasteiger partial charge in [0.1, 0.15) is 0 Å². The van der Waals surface area contributed by atoms with Gasteiger partial charge < -0.3 is 9.47 Å². The van der Waals surface area contributed by atoms with Crippen molar-refractivity contribution in [2.75, 3.05) is 4.90 Å². The molecule has 0 radical (unpaired) electrons. The molecule has 1 heterocycles. The van der Waals surface area contributed by atoms with Crippen LogP contribution >= 0.6 is 0 Å². The normalized spacial score (nSPS) is 13.7. The van der Waals surface area contributed by atoms with Gasteiger partial charge in [-0.05, 0) is 140 Å². The Kier molecular flexibility index (Phi) is 7.98. The average molecular weight is 803 g/mol. The van der Waals surface area contributed by atoms with Crippen LogP contribution in [-0.4, -0.2) is 4.57 Å². The Balaban J connectivity index is 0.914. The fourth-order valence-corrected chi connectivity index (χ4v) is 11.1. The number of benzene rings is 9. The van der Waals surface area contributed by atoms with E-state index in [-0.39, 0.29) is 0 Å². The third-order valence-corrected chi connectivity index (χ3v) is 13.8.